The van der Waals surface area contributed by atoms with Gasteiger partial charge in [0.25, 0.3) is 0 Å². The first-order chi connectivity index (χ1) is 7.31. The zero-order valence-electron chi connectivity index (χ0n) is 8.82. The molecular formula is C12H15NO2. The summed E-state index contributed by atoms with van der Waals surface area (Å²) in [5.41, 5.74) is 1.14. The predicted molar refractivity (Wildman–Crippen MR) is 58.0 cm³/mol. The third-order valence-electron chi connectivity index (χ3n) is 2.64. The fourth-order valence-corrected chi connectivity index (χ4v) is 1.93. The molecule has 1 fully saturated rings. The maximum atomic E-state index is 11.1. The van der Waals surface area contributed by atoms with Crippen LogP contribution in [0.15, 0.2) is 24.3 Å². The third kappa shape index (κ3) is 2.12. The van der Waals surface area contributed by atoms with Crippen LogP contribution in [0.4, 0.5) is 0 Å². The Kier molecular flexibility index (Phi) is 2.90. The number of rotatable bonds is 3. The van der Waals surface area contributed by atoms with Crippen molar-refractivity contribution in [1.82, 2.24) is 5.32 Å². The zero-order chi connectivity index (χ0) is 10.7. The quantitative estimate of drug-likeness (QED) is 0.815. The van der Waals surface area contributed by atoms with Crippen LogP contribution in [0.5, 0.6) is 5.75 Å². The van der Waals surface area contributed by atoms with Crippen molar-refractivity contribution in [3.63, 3.8) is 0 Å². The van der Waals surface area contributed by atoms with E-state index in [0.717, 1.165) is 17.9 Å². The molecule has 15 heavy (non-hydrogen) atoms. The minimum atomic E-state index is 0.131. The SMILES string of the molecule is CCOc1ccccc1C1CNC(=O)C1. The molecule has 1 amide bonds. The summed E-state index contributed by atoms with van der Waals surface area (Å²) in [4.78, 5) is 11.1. The Balaban J connectivity index is 2.22. The standard InChI is InChI=1S/C12H15NO2/c1-2-15-11-6-4-3-5-10(11)9-7-12(14)13-8-9/h3-6,9H,2,7-8H2,1H3,(H,13,14). The lowest BCUT2D eigenvalue weighted by Crippen LogP contribution is -2.13. The first-order valence-corrected chi connectivity index (χ1v) is 5.29. The lowest BCUT2D eigenvalue weighted by Gasteiger charge is -2.13. The molecule has 0 aromatic heterocycles. The summed E-state index contributed by atoms with van der Waals surface area (Å²) in [7, 11) is 0. The average molecular weight is 205 g/mol. The van der Waals surface area contributed by atoms with Gasteiger partial charge in [-0.3, -0.25) is 4.79 Å². The number of amides is 1. The highest BCUT2D eigenvalue weighted by molar-refractivity contribution is 5.79. The highest BCUT2D eigenvalue weighted by Crippen LogP contribution is 2.30. The van der Waals surface area contributed by atoms with Gasteiger partial charge in [-0.1, -0.05) is 18.2 Å². The van der Waals surface area contributed by atoms with Crippen molar-refractivity contribution in [2.45, 2.75) is 19.3 Å². The number of nitrogens with one attached hydrogen (secondary N) is 1. The Morgan fingerprint density at radius 1 is 1.47 bits per heavy atom. The number of para-hydroxylation sites is 1. The van der Waals surface area contributed by atoms with E-state index in [1.165, 1.54) is 0 Å². The van der Waals surface area contributed by atoms with Crippen LogP contribution in [-0.2, 0) is 4.79 Å². The second-order valence-electron chi connectivity index (χ2n) is 3.68. The van der Waals surface area contributed by atoms with Crippen LogP contribution >= 0.6 is 0 Å². The molecule has 1 saturated heterocycles. The molecule has 1 aromatic carbocycles. The Morgan fingerprint density at radius 3 is 2.93 bits per heavy atom. The van der Waals surface area contributed by atoms with Gasteiger partial charge in [0.2, 0.25) is 5.91 Å². The maximum Gasteiger partial charge on any atom is 0.220 e. The van der Waals surface area contributed by atoms with E-state index in [9.17, 15) is 4.79 Å². The fourth-order valence-electron chi connectivity index (χ4n) is 1.93. The number of hydrogen-bond donors (Lipinski definition) is 1. The minimum absolute atomic E-state index is 0.131. The Morgan fingerprint density at radius 2 is 2.27 bits per heavy atom. The van der Waals surface area contributed by atoms with Crippen molar-refractivity contribution in [2.75, 3.05) is 13.2 Å². The number of carbonyl (C=O) groups excluding carboxylic acids is 1. The average Bonchev–Trinajstić information content (AvgIpc) is 2.66. The van der Waals surface area contributed by atoms with E-state index in [4.69, 9.17) is 4.74 Å². The van der Waals surface area contributed by atoms with Crippen molar-refractivity contribution in [3.8, 4) is 5.75 Å². The summed E-state index contributed by atoms with van der Waals surface area (Å²) in [5.74, 6) is 1.30. The third-order valence-corrected chi connectivity index (χ3v) is 2.64. The summed E-state index contributed by atoms with van der Waals surface area (Å²) < 4.78 is 5.55. The van der Waals surface area contributed by atoms with Crippen molar-refractivity contribution in [3.05, 3.63) is 29.8 Å². The topological polar surface area (TPSA) is 38.3 Å². The second-order valence-corrected chi connectivity index (χ2v) is 3.68. The molecule has 1 heterocycles. The van der Waals surface area contributed by atoms with Crippen LogP contribution in [-0.4, -0.2) is 19.1 Å². The van der Waals surface area contributed by atoms with Gasteiger partial charge >= 0.3 is 0 Å². The van der Waals surface area contributed by atoms with Crippen LogP contribution in [0.3, 0.4) is 0 Å². The Bertz CT molecular complexity index is 362. The highest BCUT2D eigenvalue weighted by Gasteiger charge is 2.25. The van der Waals surface area contributed by atoms with Crippen molar-refractivity contribution >= 4 is 5.91 Å². The monoisotopic (exact) mass is 205 g/mol. The molecule has 1 aliphatic heterocycles. The smallest absolute Gasteiger partial charge is 0.220 e. The molecule has 1 aromatic rings. The highest BCUT2D eigenvalue weighted by atomic mass is 16.5. The lowest BCUT2D eigenvalue weighted by atomic mass is 9.97. The molecule has 2 rings (SSSR count). The van der Waals surface area contributed by atoms with Gasteiger partial charge in [0, 0.05) is 18.9 Å². The van der Waals surface area contributed by atoms with E-state index >= 15 is 0 Å². The lowest BCUT2D eigenvalue weighted by molar-refractivity contribution is -0.119. The van der Waals surface area contributed by atoms with Crippen LogP contribution < -0.4 is 10.1 Å². The van der Waals surface area contributed by atoms with E-state index in [0.29, 0.717) is 13.0 Å². The molecule has 0 bridgehead atoms. The molecule has 0 spiro atoms. The second kappa shape index (κ2) is 4.34. The number of hydrogen-bond acceptors (Lipinski definition) is 2. The van der Waals surface area contributed by atoms with Gasteiger partial charge in [0.1, 0.15) is 5.75 Å². The first kappa shape index (κ1) is 10.0. The Labute approximate surface area is 89.4 Å². The van der Waals surface area contributed by atoms with E-state index in [2.05, 4.69) is 5.32 Å². The molecule has 0 saturated carbocycles. The molecular weight excluding hydrogens is 190 g/mol. The number of benzene rings is 1. The van der Waals surface area contributed by atoms with E-state index in [-0.39, 0.29) is 11.8 Å². The van der Waals surface area contributed by atoms with Crippen LogP contribution in [0.2, 0.25) is 0 Å². The molecule has 3 nitrogen and oxygen atoms in total. The summed E-state index contributed by atoms with van der Waals surface area (Å²) in [6.45, 7) is 3.35. The molecule has 80 valence electrons. The summed E-state index contributed by atoms with van der Waals surface area (Å²) in [6.07, 6.45) is 0.573. The normalized spacial score (nSPS) is 20.1. The van der Waals surface area contributed by atoms with Gasteiger partial charge in [0.05, 0.1) is 6.61 Å². The summed E-state index contributed by atoms with van der Waals surface area (Å²) in [5, 5.41) is 2.84. The predicted octanol–water partition coefficient (Wildman–Crippen LogP) is 1.69. The number of ether oxygens (including phenoxy) is 1. The molecule has 1 atom stereocenters. The van der Waals surface area contributed by atoms with Gasteiger partial charge in [-0.15, -0.1) is 0 Å². The molecule has 3 heteroatoms. The molecule has 0 aliphatic carbocycles. The van der Waals surface area contributed by atoms with Crippen LogP contribution in [0.25, 0.3) is 0 Å². The molecule has 1 aliphatic rings. The number of carbonyl (C=O) groups is 1. The first-order valence-electron chi connectivity index (χ1n) is 5.29. The molecule has 0 radical (unpaired) electrons. The van der Waals surface area contributed by atoms with Gasteiger partial charge in [-0.25, -0.2) is 0 Å². The van der Waals surface area contributed by atoms with Gasteiger partial charge < -0.3 is 10.1 Å². The van der Waals surface area contributed by atoms with Crippen molar-refractivity contribution < 1.29 is 9.53 Å². The van der Waals surface area contributed by atoms with E-state index < -0.39 is 0 Å². The van der Waals surface area contributed by atoms with Gasteiger partial charge in [-0.2, -0.15) is 0 Å². The minimum Gasteiger partial charge on any atom is -0.494 e. The largest absolute Gasteiger partial charge is 0.494 e. The molecule has 1 unspecified atom stereocenters. The Hall–Kier alpha value is -1.51. The van der Waals surface area contributed by atoms with E-state index in [1.54, 1.807) is 0 Å². The van der Waals surface area contributed by atoms with Crippen LogP contribution in [0.1, 0.15) is 24.8 Å². The van der Waals surface area contributed by atoms with Crippen LogP contribution in [0, 0.1) is 0 Å². The van der Waals surface area contributed by atoms with E-state index in [1.807, 2.05) is 31.2 Å². The molecule has 1 N–H and O–H groups in total. The van der Waals surface area contributed by atoms with Crippen molar-refractivity contribution in [2.24, 2.45) is 0 Å². The van der Waals surface area contributed by atoms with Gasteiger partial charge in [0.15, 0.2) is 0 Å². The summed E-state index contributed by atoms with van der Waals surface area (Å²) >= 11 is 0. The zero-order valence-corrected chi connectivity index (χ0v) is 8.82. The van der Waals surface area contributed by atoms with Gasteiger partial charge in [-0.05, 0) is 18.6 Å². The summed E-state index contributed by atoms with van der Waals surface area (Å²) in [6, 6.07) is 7.94. The van der Waals surface area contributed by atoms with Crippen molar-refractivity contribution in [1.29, 1.82) is 0 Å². The maximum absolute atomic E-state index is 11.1. The fraction of sp³-hybridized carbons (Fsp3) is 0.417.